The SMILES string of the molecule is CC(C)C(C#N)c1ccc2c(c1)CCCN2. The molecule has 1 atom stereocenters. The molecule has 0 aromatic heterocycles. The van der Waals surface area contributed by atoms with Crippen molar-refractivity contribution in [3.05, 3.63) is 29.3 Å². The summed E-state index contributed by atoms with van der Waals surface area (Å²) < 4.78 is 0. The van der Waals surface area contributed by atoms with Gasteiger partial charge in [0.15, 0.2) is 0 Å². The molecule has 2 nitrogen and oxygen atoms in total. The molecule has 1 unspecified atom stereocenters. The number of hydrogen-bond acceptors (Lipinski definition) is 2. The third kappa shape index (κ3) is 2.04. The van der Waals surface area contributed by atoms with Crippen molar-refractivity contribution in [2.45, 2.75) is 32.6 Å². The zero-order chi connectivity index (χ0) is 11.5. The Morgan fingerprint density at radius 1 is 1.38 bits per heavy atom. The number of benzene rings is 1. The molecule has 0 fully saturated rings. The van der Waals surface area contributed by atoms with Crippen molar-refractivity contribution < 1.29 is 0 Å². The Bertz CT molecular complexity index is 415. The molecule has 84 valence electrons. The van der Waals surface area contributed by atoms with Crippen LogP contribution in [0.3, 0.4) is 0 Å². The molecule has 2 rings (SSSR count). The van der Waals surface area contributed by atoms with Gasteiger partial charge >= 0.3 is 0 Å². The largest absolute Gasteiger partial charge is 0.385 e. The molecule has 1 aliphatic heterocycles. The van der Waals surface area contributed by atoms with E-state index in [1.54, 1.807) is 0 Å². The van der Waals surface area contributed by atoms with E-state index in [1.807, 2.05) is 0 Å². The fourth-order valence-corrected chi connectivity index (χ4v) is 2.30. The number of fused-ring (bicyclic) bond motifs is 1. The van der Waals surface area contributed by atoms with Crippen LogP contribution in [0.4, 0.5) is 5.69 Å². The smallest absolute Gasteiger partial charge is 0.0735 e. The minimum absolute atomic E-state index is 0.0206. The molecule has 2 heteroatoms. The van der Waals surface area contributed by atoms with Crippen LogP contribution < -0.4 is 5.32 Å². The van der Waals surface area contributed by atoms with Gasteiger partial charge in [-0.05, 0) is 36.0 Å². The molecular formula is C14H18N2. The average Bonchev–Trinajstić information content (AvgIpc) is 2.29. The van der Waals surface area contributed by atoms with Crippen LogP contribution in [-0.4, -0.2) is 6.54 Å². The van der Waals surface area contributed by atoms with Crippen LogP contribution in [0.5, 0.6) is 0 Å². The van der Waals surface area contributed by atoms with Gasteiger partial charge in [-0.15, -0.1) is 0 Å². The van der Waals surface area contributed by atoms with E-state index in [0.29, 0.717) is 5.92 Å². The minimum atomic E-state index is 0.0206. The number of anilines is 1. The summed E-state index contributed by atoms with van der Waals surface area (Å²) in [6.45, 7) is 5.27. The average molecular weight is 214 g/mol. The Hall–Kier alpha value is -1.49. The van der Waals surface area contributed by atoms with E-state index < -0.39 is 0 Å². The standard InChI is InChI=1S/C14H18N2/c1-10(2)13(9-15)11-5-6-14-12(8-11)4-3-7-16-14/h5-6,8,10,13,16H,3-4,7H2,1-2H3. The van der Waals surface area contributed by atoms with Crippen LogP contribution in [-0.2, 0) is 6.42 Å². The maximum Gasteiger partial charge on any atom is 0.0735 e. The molecule has 0 saturated heterocycles. The van der Waals surface area contributed by atoms with Crippen LogP contribution in [0.15, 0.2) is 18.2 Å². The van der Waals surface area contributed by atoms with Crippen LogP contribution in [0, 0.1) is 17.2 Å². The summed E-state index contributed by atoms with van der Waals surface area (Å²) in [5.41, 5.74) is 3.78. The van der Waals surface area contributed by atoms with Gasteiger partial charge in [0.25, 0.3) is 0 Å². The lowest BCUT2D eigenvalue weighted by Gasteiger charge is -2.21. The molecule has 1 aromatic rings. The summed E-state index contributed by atoms with van der Waals surface area (Å²) in [5, 5.41) is 12.6. The Morgan fingerprint density at radius 2 is 2.19 bits per heavy atom. The van der Waals surface area contributed by atoms with E-state index in [1.165, 1.54) is 23.2 Å². The van der Waals surface area contributed by atoms with Crippen LogP contribution in [0.25, 0.3) is 0 Å². The number of rotatable bonds is 2. The summed E-state index contributed by atoms with van der Waals surface area (Å²) in [4.78, 5) is 0. The van der Waals surface area contributed by atoms with Crippen molar-refractivity contribution in [1.29, 1.82) is 5.26 Å². The molecular weight excluding hydrogens is 196 g/mol. The first-order chi connectivity index (χ1) is 7.72. The number of aryl methyl sites for hydroxylation is 1. The third-order valence-electron chi connectivity index (χ3n) is 3.23. The van der Waals surface area contributed by atoms with Crippen molar-refractivity contribution in [3.63, 3.8) is 0 Å². The second-order valence-electron chi connectivity index (χ2n) is 4.80. The number of nitrogens with one attached hydrogen (secondary N) is 1. The highest BCUT2D eigenvalue weighted by atomic mass is 14.9. The summed E-state index contributed by atoms with van der Waals surface area (Å²) in [6, 6.07) is 8.82. The lowest BCUT2D eigenvalue weighted by Crippen LogP contribution is -2.13. The topological polar surface area (TPSA) is 35.8 Å². The monoisotopic (exact) mass is 214 g/mol. The van der Waals surface area contributed by atoms with Gasteiger partial charge < -0.3 is 5.32 Å². The normalized spacial score (nSPS) is 16.1. The summed E-state index contributed by atoms with van der Waals surface area (Å²) >= 11 is 0. The van der Waals surface area contributed by atoms with Crippen molar-refractivity contribution in [3.8, 4) is 6.07 Å². The van der Waals surface area contributed by atoms with Gasteiger partial charge in [-0.1, -0.05) is 26.0 Å². The highest BCUT2D eigenvalue weighted by Crippen LogP contribution is 2.29. The minimum Gasteiger partial charge on any atom is -0.385 e. The van der Waals surface area contributed by atoms with Gasteiger partial charge in [-0.25, -0.2) is 0 Å². The summed E-state index contributed by atoms with van der Waals surface area (Å²) in [5.74, 6) is 0.395. The fraction of sp³-hybridized carbons (Fsp3) is 0.500. The van der Waals surface area contributed by atoms with Gasteiger partial charge in [0.1, 0.15) is 0 Å². The van der Waals surface area contributed by atoms with Crippen LogP contribution >= 0.6 is 0 Å². The van der Waals surface area contributed by atoms with E-state index >= 15 is 0 Å². The molecule has 1 N–H and O–H groups in total. The van der Waals surface area contributed by atoms with Crippen molar-refractivity contribution in [2.75, 3.05) is 11.9 Å². The lowest BCUT2D eigenvalue weighted by atomic mass is 9.87. The summed E-state index contributed by atoms with van der Waals surface area (Å²) in [6.07, 6.45) is 2.32. The van der Waals surface area contributed by atoms with Crippen LogP contribution in [0.1, 0.15) is 37.3 Å². The molecule has 0 spiro atoms. The Morgan fingerprint density at radius 3 is 2.88 bits per heavy atom. The van der Waals surface area contributed by atoms with Crippen molar-refractivity contribution in [1.82, 2.24) is 0 Å². The van der Waals surface area contributed by atoms with Gasteiger partial charge in [0.05, 0.1) is 12.0 Å². The van der Waals surface area contributed by atoms with E-state index in [-0.39, 0.29) is 5.92 Å². The molecule has 1 heterocycles. The first kappa shape index (κ1) is 11.0. The molecule has 16 heavy (non-hydrogen) atoms. The summed E-state index contributed by atoms with van der Waals surface area (Å²) in [7, 11) is 0. The first-order valence-electron chi connectivity index (χ1n) is 5.98. The molecule has 0 aliphatic carbocycles. The maximum absolute atomic E-state index is 9.19. The Balaban J connectivity index is 2.33. The van der Waals surface area contributed by atoms with Gasteiger partial charge in [0.2, 0.25) is 0 Å². The van der Waals surface area contributed by atoms with Gasteiger partial charge in [-0.3, -0.25) is 0 Å². The van der Waals surface area contributed by atoms with E-state index in [4.69, 9.17) is 0 Å². The number of nitrogens with zero attached hydrogens (tertiary/aromatic N) is 1. The predicted molar refractivity (Wildman–Crippen MR) is 66.4 cm³/mol. The zero-order valence-electron chi connectivity index (χ0n) is 9.96. The second-order valence-corrected chi connectivity index (χ2v) is 4.80. The number of nitriles is 1. The predicted octanol–water partition coefficient (Wildman–Crippen LogP) is 3.31. The first-order valence-corrected chi connectivity index (χ1v) is 5.98. The number of hydrogen-bond donors (Lipinski definition) is 1. The highest BCUT2D eigenvalue weighted by Gasteiger charge is 2.17. The highest BCUT2D eigenvalue weighted by molar-refractivity contribution is 5.55. The van der Waals surface area contributed by atoms with Crippen LogP contribution in [0.2, 0.25) is 0 Å². The molecule has 0 bridgehead atoms. The zero-order valence-corrected chi connectivity index (χ0v) is 9.96. The van der Waals surface area contributed by atoms with E-state index in [0.717, 1.165) is 13.0 Å². The Labute approximate surface area is 97.3 Å². The second kappa shape index (κ2) is 4.57. The van der Waals surface area contributed by atoms with Gasteiger partial charge in [0, 0.05) is 12.2 Å². The van der Waals surface area contributed by atoms with Crippen molar-refractivity contribution >= 4 is 5.69 Å². The van der Waals surface area contributed by atoms with E-state index in [2.05, 4.69) is 43.4 Å². The molecule has 1 aliphatic rings. The van der Waals surface area contributed by atoms with Crippen molar-refractivity contribution in [2.24, 2.45) is 5.92 Å². The third-order valence-corrected chi connectivity index (χ3v) is 3.23. The Kier molecular flexibility index (Phi) is 3.14. The molecule has 0 amide bonds. The van der Waals surface area contributed by atoms with E-state index in [9.17, 15) is 5.26 Å². The molecule has 0 radical (unpaired) electrons. The fourth-order valence-electron chi connectivity index (χ4n) is 2.30. The quantitative estimate of drug-likeness (QED) is 0.819. The lowest BCUT2D eigenvalue weighted by molar-refractivity contribution is 0.586. The van der Waals surface area contributed by atoms with Gasteiger partial charge in [-0.2, -0.15) is 5.26 Å². The maximum atomic E-state index is 9.19. The molecule has 1 aromatic carbocycles. The molecule has 0 saturated carbocycles.